The van der Waals surface area contributed by atoms with Gasteiger partial charge in [0.05, 0.1) is 0 Å². The number of hydrogen-bond acceptors (Lipinski definition) is 4. The predicted molar refractivity (Wildman–Crippen MR) is 53.3 cm³/mol. The normalized spacial score (nSPS) is 10.1. The van der Waals surface area contributed by atoms with Crippen molar-refractivity contribution in [3.63, 3.8) is 0 Å². The Balaban J connectivity index is 2.18. The van der Waals surface area contributed by atoms with Crippen LogP contribution in [0.4, 0.5) is 11.6 Å². The summed E-state index contributed by atoms with van der Waals surface area (Å²) in [6.45, 7) is 1.92. The van der Waals surface area contributed by atoms with Crippen LogP contribution in [0.25, 0.3) is 0 Å². The summed E-state index contributed by atoms with van der Waals surface area (Å²) in [5.41, 5.74) is 0.929. The molecule has 0 saturated heterocycles. The van der Waals surface area contributed by atoms with Crippen molar-refractivity contribution in [1.82, 2.24) is 19.7 Å². The zero-order valence-electron chi connectivity index (χ0n) is 8.10. The highest BCUT2D eigenvalue weighted by atomic mass is 15.3. The van der Waals surface area contributed by atoms with Crippen molar-refractivity contribution in [2.45, 2.75) is 6.92 Å². The van der Waals surface area contributed by atoms with Crippen LogP contribution in [0.15, 0.2) is 24.7 Å². The van der Waals surface area contributed by atoms with E-state index in [0.717, 1.165) is 17.3 Å². The summed E-state index contributed by atoms with van der Waals surface area (Å²) in [6.07, 6.45) is 3.40. The number of rotatable bonds is 2. The topological polar surface area (TPSA) is 55.6 Å². The number of aromatic nitrogens is 4. The highest BCUT2D eigenvalue weighted by Crippen LogP contribution is 2.10. The summed E-state index contributed by atoms with van der Waals surface area (Å²) >= 11 is 0. The van der Waals surface area contributed by atoms with E-state index in [4.69, 9.17) is 0 Å². The molecule has 0 aliphatic rings. The van der Waals surface area contributed by atoms with Crippen LogP contribution >= 0.6 is 0 Å². The van der Waals surface area contributed by atoms with Gasteiger partial charge >= 0.3 is 0 Å². The van der Waals surface area contributed by atoms with Crippen molar-refractivity contribution >= 4 is 11.6 Å². The first-order valence-corrected chi connectivity index (χ1v) is 4.29. The van der Waals surface area contributed by atoms with Crippen molar-refractivity contribution in [3.8, 4) is 0 Å². The van der Waals surface area contributed by atoms with E-state index in [1.807, 2.05) is 32.3 Å². The Labute approximate surface area is 81.8 Å². The van der Waals surface area contributed by atoms with E-state index in [-0.39, 0.29) is 0 Å². The lowest BCUT2D eigenvalue weighted by molar-refractivity contribution is 0.771. The molecular weight excluding hydrogens is 178 g/mol. The second kappa shape index (κ2) is 3.45. The first kappa shape index (κ1) is 8.68. The third kappa shape index (κ3) is 1.87. The van der Waals surface area contributed by atoms with Crippen LogP contribution < -0.4 is 5.32 Å². The Morgan fingerprint density at radius 3 is 2.79 bits per heavy atom. The van der Waals surface area contributed by atoms with Gasteiger partial charge in [0.15, 0.2) is 5.82 Å². The zero-order chi connectivity index (χ0) is 9.97. The monoisotopic (exact) mass is 189 g/mol. The largest absolute Gasteiger partial charge is 0.323 e. The lowest BCUT2D eigenvalue weighted by atomic mass is 10.4. The van der Waals surface area contributed by atoms with Crippen LogP contribution in [0.2, 0.25) is 0 Å². The lowest BCUT2D eigenvalue weighted by Gasteiger charge is -2.01. The smallest absolute Gasteiger partial charge is 0.153 e. The van der Waals surface area contributed by atoms with Crippen molar-refractivity contribution in [2.75, 3.05) is 5.32 Å². The summed E-state index contributed by atoms with van der Waals surface area (Å²) in [4.78, 5) is 8.08. The maximum absolute atomic E-state index is 4.18. The summed E-state index contributed by atoms with van der Waals surface area (Å²) < 4.78 is 1.73. The number of hydrogen-bond donors (Lipinski definition) is 1. The number of aryl methyl sites for hydroxylation is 2. The highest BCUT2D eigenvalue weighted by Gasteiger charge is 1.98. The molecule has 0 unspecified atom stereocenters. The highest BCUT2D eigenvalue weighted by molar-refractivity contribution is 5.50. The molecule has 0 fully saturated rings. The molecule has 0 bridgehead atoms. The second-order valence-electron chi connectivity index (χ2n) is 3.04. The summed E-state index contributed by atoms with van der Waals surface area (Å²) in [5, 5.41) is 7.26. The minimum absolute atomic E-state index is 0.760. The van der Waals surface area contributed by atoms with Crippen LogP contribution in [-0.4, -0.2) is 19.7 Å². The molecule has 2 heterocycles. The fraction of sp³-hybridized carbons (Fsp3) is 0.222. The van der Waals surface area contributed by atoms with E-state index in [2.05, 4.69) is 20.4 Å². The van der Waals surface area contributed by atoms with Crippen LogP contribution in [0.5, 0.6) is 0 Å². The standard InChI is InChI=1S/C9H11N5/c1-7-5-9(11-6-10-7)12-8-3-4-14(2)13-8/h3-6H,1-2H3,(H,10,11,12,13). The van der Waals surface area contributed by atoms with Crippen LogP contribution in [-0.2, 0) is 7.05 Å². The van der Waals surface area contributed by atoms with Gasteiger partial charge in [0, 0.05) is 31.1 Å². The maximum atomic E-state index is 4.18. The Morgan fingerprint density at radius 1 is 1.29 bits per heavy atom. The average Bonchev–Trinajstić information content (AvgIpc) is 2.51. The minimum atomic E-state index is 0.760. The molecule has 2 rings (SSSR count). The first-order chi connectivity index (χ1) is 6.74. The van der Waals surface area contributed by atoms with Gasteiger partial charge in [-0.3, -0.25) is 4.68 Å². The van der Waals surface area contributed by atoms with E-state index in [1.54, 1.807) is 4.68 Å². The van der Waals surface area contributed by atoms with Crippen LogP contribution in [0, 0.1) is 6.92 Å². The van der Waals surface area contributed by atoms with Crippen LogP contribution in [0.3, 0.4) is 0 Å². The molecule has 72 valence electrons. The summed E-state index contributed by atoms with van der Waals surface area (Å²) in [7, 11) is 1.87. The van der Waals surface area contributed by atoms with E-state index in [0.29, 0.717) is 0 Å². The molecular formula is C9H11N5. The van der Waals surface area contributed by atoms with Crippen molar-refractivity contribution < 1.29 is 0 Å². The number of nitrogens with zero attached hydrogens (tertiary/aromatic N) is 4. The van der Waals surface area contributed by atoms with Gasteiger partial charge in [-0.05, 0) is 6.92 Å². The Bertz CT molecular complexity index is 434. The van der Waals surface area contributed by atoms with Gasteiger partial charge < -0.3 is 5.32 Å². The van der Waals surface area contributed by atoms with Gasteiger partial charge in [-0.15, -0.1) is 0 Å². The molecule has 0 aliphatic heterocycles. The summed E-state index contributed by atoms with van der Waals surface area (Å²) in [6, 6.07) is 3.76. The molecule has 0 radical (unpaired) electrons. The molecule has 0 spiro atoms. The number of nitrogens with one attached hydrogen (secondary N) is 1. The van der Waals surface area contributed by atoms with Crippen molar-refractivity contribution in [1.29, 1.82) is 0 Å². The van der Waals surface area contributed by atoms with E-state index in [1.165, 1.54) is 6.33 Å². The minimum Gasteiger partial charge on any atom is -0.323 e. The predicted octanol–water partition coefficient (Wildman–Crippen LogP) is 1.26. The first-order valence-electron chi connectivity index (χ1n) is 4.29. The molecule has 0 atom stereocenters. The molecule has 0 amide bonds. The molecule has 1 N–H and O–H groups in total. The maximum Gasteiger partial charge on any atom is 0.153 e. The van der Waals surface area contributed by atoms with Gasteiger partial charge in [0.25, 0.3) is 0 Å². The number of anilines is 2. The molecule has 5 nitrogen and oxygen atoms in total. The Hall–Kier alpha value is -1.91. The van der Waals surface area contributed by atoms with Crippen molar-refractivity contribution in [2.24, 2.45) is 7.05 Å². The second-order valence-corrected chi connectivity index (χ2v) is 3.04. The van der Waals surface area contributed by atoms with E-state index < -0.39 is 0 Å². The lowest BCUT2D eigenvalue weighted by Crippen LogP contribution is -1.96. The Morgan fingerprint density at radius 2 is 2.14 bits per heavy atom. The fourth-order valence-corrected chi connectivity index (χ4v) is 1.14. The van der Waals surface area contributed by atoms with Crippen molar-refractivity contribution in [3.05, 3.63) is 30.4 Å². The van der Waals surface area contributed by atoms with E-state index in [9.17, 15) is 0 Å². The molecule has 5 heteroatoms. The molecule has 14 heavy (non-hydrogen) atoms. The molecule has 0 saturated carbocycles. The van der Waals surface area contributed by atoms with Gasteiger partial charge in [-0.2, -0.15) is 5.10 Å². The quantitative estimate of drug-likeness (QED) is 0.772. The third-order valence-electron chi connectivity index (χ3n) is 1.77. The molecule has 0 aromatic carbocycles. The zero-order valence-corrected chi connectivity index (χ0v) is 8.10. The van der Waals surface area contributed by atoms with Gasteiger partial charge in [0.2, 0.25) is 0 Å². The third-order valence-corrected chi connectivity index (χ3v) is 1.77. The van der Waals surface area contributed by atoms with Gasteiger partial charge in [-0.25, -0.2) is 9.97 Å². The van der Waals surface area contributed by atoms with Gasteiger partial charge in [0.1, 0.15) is 12.1 Å². The van der Waals surface area contributed by atoms with Gasteiger partial charge in [-0.1, -0.05) is 0 Å². The Kier molecular flexibility index (Phi) is 2.14. The van der Waals surface area contributed by atoms with Crippen LogP contribution in [0.1, 0.15) is 5.69 Å². The molecule has 2 aromatic rings. The molecule has 0 aliphatic carbocycles. The molecule has 2 aromatic heterocycles. The SMILES string of the molecule is Cc1cc(Nc2ccn(C)n2)ncn1. The average molecular weight is 189 g/mol. The summed E-state index contributed by atoms with van der Waals surface area (Å²) in [5.74, 6) is 1.54. The van der Waals surface area contributed by atoms with E-state index >= 15 is 0 Å². The fourth-order valence-electron chi connectivity index (χ4n) is 1.14.